The van der Waals surface area contributed by atoms with Crippen molar-refractivity contribution in [3.05, 3.63) is 35.1 Å². The number of aromatic nitrogens is 2. The number of carbonyl (C=O) groups is 1. The number of nitrogens with one attached hydrogen (secondary N) is 1. The summed E-state index contributed by atoms with van der Waals surface area (Å²) in [6.07, 6.45) is 1.88. The molecule has 0 atom stereocenters. The molecule has 1 aromatic heterocycles. The summed E-state index contributed by atoms with van der Waals surface area (Å²) < 4.78 is 18.7. The van der Waals surface area contributed by atoms with Crippen molar-refractivity contribution in [1.29, 1.82) is 0 Å². The Morgan fingerprint density at radius 2 is 2.20 bits per heavy atom. The molecule has 0 bridgehead atoms. The molecule has 2 aromatic rings. The number of rotatable bonds is 5. The summed E-state index contributed by atoms with van der Waals surface area (Å²) in [6, 6.07) is 6.17. The van der Waals surface area contributed by atoms with Gasteiger partial charge in [-0.15, -0.1) is 10.2 Å². The predicted molar refractivity (Wildman–Crippen MR) is 72.0 cm³/mol. The molecule has 5 nitrogen and oxygen atoms in total. The van der Waals surface area contributed by atoms with Crippen molar-refractivity contribution < 1.29 is 13.9 Å². The van der Waals surface area contributed by atoms with E-state index in [4.69, 9.17) is 4.74 Å². The Hall–Kier alpha value is -2.02. The van der Waals surface area contributed by atoms with E-state index in [9.17, 15) is 9.18 Å². The van der Waals surface area contributed by atoms with Crippen LogP contribution in [0.1, 0.15) is 17.8 Å². The van der Waals surface area contributed by atoms with Gasteiger partial charge in [-0.05, 0) is 25.0 Å². The van der Waals surface area contributed by atoms with E-state index in [1.165, 1.54) is 17.4 Å². The maximum atomic E-state index is 13.4. The van der Waals surface area contributed by atoms with E-state index in [1.807, 2.05) is 0 Å². The van der Waals surface area contributed by atoms with Crippen LogP contribution in [0.5, 0.6) is 5.75 Å². The highest BCUT2D eigenvalue weighted by atomic mass is 32.1. The van der Waals surface area contributed by atoms with Gasteiger partial charge in [-0.3, -0.25) is 4.79 Å². The second-order valence-electron chi connectivity index (χ2n) is 4.48. The van der Waals surface area contributed by atoms with Crippen LogP contribution in [-0.4, -0.2) is 16.1 Å². The molecule has 20 heavy (non-hydrogen) atoms. The number of ether oxygens (including phenoxy) is 1. The van der Waals surface area contributed by atoms with Crippen molar-refractivity contribution in [1.82, 2.24) is 10.2 Å². The summed E-state index contributed by atoms with van der Waals surface area (Å²) in [5.74, 6) is -0.134. The highest BCUT2D eigenvalue weighted by Crippen LogP contribution is 2.30. The third-order valence-electron chi connectivity index (χ3n) is 2.83. The minimum absolute atomic E-state index is 0.0114. The zero-order chi connectivity index (χ0) is 13.9. The molecule has 1 fully saturated rings. The zero-order valence-corrected chi connectivity index (χ0v) is 11.3. The monoisotopic (exact) mass is 293 g/mol. The Morgan fingerprint density at radius 3 is 2.95 bits per heavy atom. The lowest BCUT2D eigenvalue weighted by Gasteiger charge is -2.03. The summed E-state index contributed by atoms with van der Waals surface area (Å²) in [5.41, 5.74) is 0. The maximum absolute atomic E-state index is 13.4. The molecule has 1 aromatic carbocycles. The second kappa shape index (κ2) is 5.54. The third-order valence-corrected chi connectivity index (χ3v) is 3.65. The largest absolute Gasteiger partial charge is 0.483 e. The standard InChI is InChI=1S/C13H12FN3O2S/c14-9-3-1-2-4-10(9)19-7-11-16-17-13(20-11)15-12(18)8-5-6-8/h1-4,8H,5-7H2,(H,15,17,18). The number of nitrogens with zero attached hydrogens (tertiary/aromatic N) is 2. The molecule has 0 radical (unpaired) electrons. The van der Waals surface area contributed by atoms with E-state index in [-0.39, 0.29) is 24.2 Å². The molecule has 0 unspecified atom stereocenters. The van der Waals surface area contributed by atoms with Gasteiger partial charge in [-0.2, -0.15) is 0 Å². The molecular weight excluding hydrogens is 281 g/mol. The SMILES string of the molecule is O=C(Nc1nnc(COc2ccccc2F)s1)C1CC1. The van der Waals surface area contributed by atoms with Crippen LogP contribution in [0.3, 0.4) is 0 Å². The summed E-state index contributed by atoms with van der Waals surface area (Å²) in [6.45, 7) is 0.123. The topological polar surface area (TPSA) is 64.1 Å². The molecule has 0 spiro atoms. The summed E-state index contributed by atoms with van der Waals surface area (Å²) in [7, 11) is 0. The Balaban J connectivity index is 1.57. The Kier molecular flexibility index (Phi) is 3.60. The van der Waals surface area contributed by atoms with Crippen LogP contribution >= 0.6 is 11.3 Å². The average Bonchev–Trinajstić information content (AvgIpc) is 3.20. The molecule has 1 amide bonds. The van der Waals surface area contributed by atoms with E-state index in [0.717, 1.165) is 12.8 Å². The van der Waals surface area contributed by atoms with E-state index < -0.39 is 5.82 Å². The van der Waals surface area contributed by atoms with Crippen molar-refractivity contribution in [3.8, 4) is 5.75 Å². The summed E-state index contributed by atoms with van der Waals surface area (Å²) in [4.78, 5) is 11.6. The lowest BCUT2D eigenvalue weighted by molar-refractivity contribution is -0.117. The molecule has 1 aliphatic carbocycles. The van der Waals surface area contributed by atoms with Crippen LogP contribution in [0.15, 0.2) is 24.3 Å². The number of anilines is 1. The van der Waals surface area contributed by atoms with Crippen LogP contribution in [-0.2, 0) is 11.4 Å². The average molecular weight is 293 g/mol. The lowest BCUT2D eigenvalue weighted by Crippen LogP contribution is -2.12. The smallest absolute Gasteiger partial charge is 0.229 e. The van der Waals surface area contributed by atoms with Gasteiger partial charge in [0.25, 0.3) is 0 Å². The van der Waals surface area contributed by atoms with Crippen LogP contribution in [0, 0.1) is 11.7 Å². The van der Waals surface area contributed by atoms with Gasteiger partial charge in [0, 0.05) is 5.92 Å². The first-order chi connectivity index (χ1) is 9.72. The molecule has 1 N–H and O–H groups in total. The summed E-state index contributed by atoms with van der Waals surface area (Å²) >= 11 is 1.23. The number of amides is 1. The van der Waals surface area contributed by atoms with Crippen molar-refractivity contribution in [3.63, 3.8) is 0 Å². The lowest BCUT2D eigenvalue weighted by atomic mass is 10.3. The number of halogens is 1. The van der Waals surface area contributed by atoms with Gasteiger partial charge in [0.1, 0.15) is 6.61 Å². The molecule has 0 aliphatic heterocycles. The Bertz CT molecular complexity index is 628. The molecule has 3 rings (SSSR count). The fourth-order valence-electron chi connectivity index (χ4n) is 1.62. The maximum Gasteiger partial charge on any atom is 0.229 e. The second-order valence-corrected chi connectivity index (χ2v) is 5.55. The Morgan fingerprint density at radius 1 is 1.40 bits per heavy atom. The van der Waals surface area contributed by atoms with E-state index in [0.29, 0.717) is 10.1 Å². The highest BCUT2D eigenvalue weighted by molar-refractivity contribution is 7.15. The van der Waals surface area contributed by atoms with Gasteiger partial charge in [-0.1, -0.05) is 23.5 Å². The molecule has 1 aliphatic rings. The van der Waals surface area contributed by atoms with Crippen molar-refractivity contribution in [2.75, 3.05) is 5.32 Å². The number of para-hydroxylation sites is 1. The highest BCUT2D eigenvalue weighted by Gasteiger charge is 2.30. The van der Waals surface area contributed by atoms with Crippen molar-refractivity contribution >= 4 is 22.4 Å². The third kappa shape index (κ3) is 3.11. The first kappa shape index (κ1) is 13.0. The van der Waals surface area contributed by atoms with Crippen LogP contribution in [0.2, 0.25) is 0 Å². The predicted octanol–water partition coefficient (Wildman–Crippen LogP) is 2.60. The van der Waals surface area contributed by atoms with Crippen molar-refractivity contribution in [2.24, 2.45) is 5.92 Å². The minimum Gasteiger partial charge on any atom is -0.483 e. The fraction of sp³-hybridized carbons (Fsp3) is 0.308. The molecule has 1 saturated carbocycles. The molecule has 104 valence electrons. The number of benzene rings is 1. The number of hydrogen-bond donors (Lipinski definition) is 1. The van der Waals surface area contributed by atoms with Crippen LogP contribution < -0.4 is 10.1 Å². The van der Waals surface area contributed by atoms with Gasteiger partial charge < -0.3 is 10.1 Å². The van der Waals surface area contributed by atoms with Gasteiger partial charge >= 0.3 is 0 Å². The first-order valence-corrected chi connectivity index (χ1v) is 7.04. The number of carbonyl (C=O) groups excluding carboxylic acids is 1. The first-order valence-electron chi connectivity index (χ1n) is 6.23. The molecule has 7 heteroatoms. The van der Waals surface area contributed by atoms with Gasteiger partial charge in [0.05, 0.1) is 0 Å². The zero-order valence-electron chi connectivity index (χ0n) is 10.5. The molecular formula is C13H12FN3O2S. The quantitative estimate of drug-likeness (QED) is 0.920. The van der Waals surface area contributed by atoms with Crippen LogP contribution in [0.25, 0.3) is 0 Å². The van der Waals surface area contributed by atoms with E-state index >= 15 is 0 Å². The normalized spacial score (nSPS) is 14.1. The van der Waals surface area contributed by atoms with E-state index in [2.05, 4.69) is 15.5 Å². The minimum atomic E-state index is -0.417. The number of hydrogen-bond acceptors (Lipinski definition) is 5. The molecule has 0 saturated heterocycles. The van der Waals surface area contributed by atoms with Gasteiger partial charge in [-0.25, -0.2) is 4.39 Å². The van der Waals surface area contributed by atoms with Crippen LogP contribution in [0.4, 0.5) is 9.52 Å². The van der Waals surface area contributed by atoms with E-state index in [1.54, 1.807) is 18.2 Å². The van der Waals surface area contributed by atoms with Crippen molar-refractivity contribution in [2.45, 2.75) is 19.4 Å². The summed E-state index contributed by atoms with van der Waals surface area (Å²) in [5, 5.41) is 11.5. The molecule has 1 heterocycles. The van der Waals surface area contributed by atoms with Gasteiger partial charge in [0.2, 0.25) is 11.0 Å². The van der Waals surface area contributed by atoms with Gasteiger partial charge in [0.15, 0.2) is 16.6 Å². The fourth-order valence-corrected chi connectivity index (χ4v) is 2.27. The Labute approximate surface area is 118 Å².